The maximum Gasteiger partial charge on any atom is 2.00 e. The molecule has 0 aromatic heterocycles. The Balaban J connectivity index is -0.000000256. The van der Waals surface area contributed by atoms with Crippen molar-refractivity contribution in [3.05, 3.63) is 0 Å². The summed E-state index contributed by atoms with van der Waals surface area (Å²) >= 11 is -12.9. The van der Waals surface area contributed by atoms with Crippen LogP contribution in [-0.2, 0) is 82.0 Å². The van der Waals surface area contributed by atoms with Crippen molar-refractivity contribution in [1.29, 1.82) is 0 Å². The van der Waals surface area contributed by atoms with Gasteiger partial charge in [0.05, 0.1) is 0 Å². The van der Waals surface area contributed by atoms with E-state index < -0.39 is 49.1 Å². The second-order valence-corrected chi connectivity index (χ2v) is 13.3. The van der Waals surface area contributed by atoms with E-state index in [0.717, 1.165) is 0 Å². The topological polar surface area (TPSA) is 248 Å². The van der Waals surface area contributed by atoms with Gasteiger partial charge in [-0.3, -0.25) is 0 Å². The van der Waals surface area contributed by atoms with Crippen LogP contribution in [0.25, 0.3) is 0 Å². The van der Waals surface area contributed by atoms with Gasteiger partial charge in [0.25, 0.3) is 0 Å². The monoisotopic (exact) mass is 722 g/mol. The first-order valence-electron chi connectivity index (χ1n) is 2.86. The fourth-order valence-corrected chi connectivity index (χ4v) is 5.84. The van der Waals surface area contributed by atoms with Crippen molar-refractivity contribution >= 4 is 15.6 Å². The van der Waals surface area contributed by atoms with Crippen molar-refractivity contribution in [2.24, 2.45) is 0 Å². The van der Waals surface area contributed by atoms with Gasteiger partial charge in [0, 0.05) is 0 Å². The number of hydrogen-bond donors (Lipinski definition) is 4. The maximum absolute atomic E-state index is 9.57. The molecule has 0 aliphatic heterocycles. The molecular formula is H4O14P2W2Zn. The fourth-order valence-electron chi connectivity index (χ4n) is 0.238. The van der Waals surface area contributed by atoms with E-state index in [2.05, 4.69) is 6.35 Å². The first-order valence-corrected chi connectivity index (χ1v) is 15.5. The normalized spacial score (nSPS) is 12.9. The molecule has 0 saturated heterocycles. The second kappa shape index (κ2) is 8.70. The molecule has 0 aromatic carbocycles. The van der Waals surface area contributed by atoms with Crippen LogP contribution in [0.5, 0.6) is 0 Å². The van der Waals surface area contributed by atoms with E-state index in [1.54, 1.807) is 0 Å². The third kappa shape index (κ3) is 32.7. The van der Waals surface area contributed by atoms with E-state index in [1.165, 1.54) is 0 Å². The van der Waals surface area contributed by atoms with Crippen molar-refractivity contribution in [2.75, 3.05) is 0 Å². The van der Waals surface area contributed by atoms with E-state index in [1.807, 2.05) is 0 Å². The summed E-state index contributed by atoms with van der Waals surface area (Å²) in [6.45, 7) is 0. The third-order valence-corrected chi connectivity index (χ3v) is 9.25. The standard InChI is InChI=1S/2H3O4P.6O.2W.Zn/c2*1-5(2,3)4;;;;;;;;;/h2*(H3,1,2,3,4);;;;;;;;;/q;;;;;;2*-1;2*+1;+2/p-2. The molecule has 0 heterocycles. The molecule has 14 nitrogen and oxygen atoms in total. The molecule has 19 heteroatoms. The Kier molecular flexibility index (Phi) is 11.6. The summed E-state index contributed by atoms with van der Waals surface area (Å²) in [5.41, 5.74) is 0. The van der Waals surface area contributed by atoms with Crippen LogP contribution in [-0.4, -0.2) is 19.6 Å². The molecule has 0 aliphatic rings. The molecule has 0 atom stereocenters. The van der Waals surface area contributed by atoms with Gasteiger partial charge in [0.15, 0.2) is 0 Å². The molecule has 0 bridgehead atoms. The minimum absolute atomic E-state index is 0. The summed E-state index contributed by atoms with van der Waals surface area (Å²) < 4.78 is 81.8. The molecule has 0 saturated carbocycles. The van der Waals surface area contributed by atoms with Crippen LogP contribution in [0, 0.1) is 0 Å². The van der Waals surface area contributed by atoms with Crippen LogP contribution in [0.3, 0.4) is 0 Å². The van der Waals surface area contributed by atoms with Crippen molar-refractivity contribution in [1.82, 2.24) is 0 Å². The predicted octanol–water partition coefficient (Wildman–Crippen LogP) is -3.74. The summed E-state index contributed by atoms with van der Waals surface area (Å²) in [5.74, 6) is 0. The number of hydrogen-bond acceptors (Lipinski definition) is 10. The molecule has 0 radical (unpaired) electrons. The average molecular weight is 723 g/mol. The van der Waals surface area contributed by atoms with Gasteiger partial charge < -0.3 is 0 Å². The molecule has 0 rings (SSSR count). The molecule has 4 N–H and O–H groups in total. The Hall–Kier alpha value is 1.34. The minimum Gasteiger partial charge on any atom is 2.00 e. The van der Waals surface area contributed by atoms with Crippen molar-refractivity contribution in [2.45, 2.75) is 0 Å². The van der Waals surface area contributed by atoms with Crippen molar-refractivity contribution in [3.63, 3.8) is 0 Å². The van der Waals surface area contributed by atoms with Gasteiger partial charge in [-0.2, -0.15) is 0 Å². The zero-order chi connectivity index (χ0) is 15.4. The van der Waals surface area contributed by atoms with E-state index in [4.69, 9.17) is 19.6 Å². The van der Waals surface area contributed by atoms with Crippen LogP contribution in [0.15, 0.2) is 0 Å². The SMILES string of the molecule is O=P(O)(O)[O][W](=[O])(=[O])[O-].O=P(O)(O)[O][W](=[O])(=[O])[O-].[Zn+2]. The van der Waals surface area contributed by atoms with E-state index in [0.29, 0.717) is 0 Å². The van der Waals surface area contributed by atoms with Crippen LogP contribution in [0.2, 0.25) is 0 Å². The summed E-state index contributed by atoms with van der Waals surface area (Å²) in [5, 5.41) is 0. The molecule has 19 heavy (non-hydrogen) atoms. The smallest absolute Gasteiger partial charge is 2.00 e. The van der Waals surface area contributed by atoms with Crippen LogP contribution < -0.4 is 7.52 Å². The minimum atomic E-state index is -6.44. The molecule has 0 aromatic rings. The maximum atomic E-state index is 9.57. The number of phosphoric acid groups is 2. The molecule has 112 valence electrons. The van der Waals surface area contributed by atoms with Crippen LogP contribution in [0.4, 0.5) is 0 Å². The Morgan fingerprint density at radius 2 is 0.895 bits per heavy atom. The van der Waals surface area contributed by atoms with Gasteiger partial charge in [-0.25, -0.2) is 0 Å². The Labute approximate surface area is 124 Å². The molecule has 0 fully saturated rings. The Bertz CT molecular complexity index is 488. The summed E-state index contributed by atoms with van der Waals surface area (Å²) in [6.07, 6.45) is 0. The van der Waals surface area contributed by atoms with E-state index in [-0.39, 0.29) is 19.5 Å². The van der Waals surface area contributed by atoms with Crippen LogP contribution in [0.1, 0.15) is 0 Å². The Morgan fingerprint density at radius 3 is 0.895 bits per heavy atom. The van der Waals surface area contributed by atoms with Gasteiger partial charge in [-0.1, -0.05) is 0 Å². The van der Waals surface area contributed by atoms with Gasteiger partial charge in [-0.15, -0.1) is 0 Å². The third-order valence-electron chi connectivity index (χ3n) is 0.377. The molecule has 0 spiro atoms. The summed E-state index contributed by atoms with van der Waals surface area (Å²) in [6, 6.07) is 0. The van der Waals surface area contributed by atoms with E-state index in [9.17, 15) is 30.2 Å². The second-order valence-electron chi connectivity index (χ2n) is 1.95. The summed E-state index contributed by atoms with van der Waals surface area (Å²) in [7, 11) is -10.3. The zero-order valence-electron chi connectivity index (χ0n) is 8.29. The fraction of sp³-hybridized carbons (Fsp3) is 0. The summed E-state index contributed by atoms with van der Waals surface area (Å²) in [4.78, 5) is 30.8. The van der Waals surface area contributed by atoms with Gasteiger partial charge >= 0.3 is 125 Å². The van der Waals surface area contributed by atoms with Crippen molar-refractivity contribution in [3.8, 4) is 0 Å². The zero-order valence-corrected chi connectivity index (χ0v) is 18.9. The first kappa shape index (κ1) is 25.3. The first-order chi connectivity index (χ1) is 7.41. The largest absolute Gasteiger partial charge is 2.00 e. The molecule has 0 aliphatic carbocycles. The van der Waals surface area contributed by atoms with Gasteiger partial charge in [0.1, 0.15) is 0 Å². The van der Waals surface area contributed by atoms with Crippen LogP contribution >= 0.6 is 15.6 Å². The molecule has 0 amide bonds. The van der Waals surface area contributed by atoms with Gasteiger partial charge in [-0.05, 0) is 0 Å². The molecular weight excluding hydrogens is 719 g/mol. The van der Waals surface area contributed by atoms with Gasteiger partial charge in [0.2, 0.25) is 0 Å². The van der Waals surface area contributed by atoms with E-state index >= 15 is 0 Å². The molecule has 0 unspecified atom stereocenters. The van der Waals surface area contributed by atoms with Crippen molar-refractivity contribution < 1.29 is 109 Å². The Morgan fingerprint density at radius 1 is 0.737 bits per heavy atom. The average Bonchev–Trinajstić information content (AvgIpc) is 1.64. The predicted molar refractivity (Wildman–Crippen MR) is 29.0 cm³/mol. The number of rotatable bonds is 4. The quantitative estimate of drug-likeness (QED) is 0.161.